The van der Waals surface area contributed by atoms with Crippen LogP contribution in [0.3, 0.4) is 0 Å². The summed E-state index contributed by atoms with van der Waals surface area (Å²) in [6.07, 6.45) is 5.58. The average molecular weight is 553 g/mol. The van der Waals surface area contributed by atoms with Gasteiger partial charge < -0.3 is 30.4 Å². The van der Waals surface area contributed by atoms with Crippen LogP contribution in [-0.4, -0.2) is 68.2 Å². The molecule has 1 amide bonds. The van der Waals surface area contributed by atoms with E-state index in [0.29, 0.717) is 23.4 Å². The zero-order valence-electron chi connectivity index (χ0n) is 23.1. The van der Waals surface area contributed by atoms with Crippen molar-refractivity contribution in [2.24, 2.45) is 0 Å². The quantitative estimate of drug-likeness (QED) is 0.217. The number of carbonyl (C=O) groups is 1. The van der Waals surface area contributed by atoms with Gasteiger partial charge >= 0.3 is 0 Å². The maximum atomic E-state index is 14.4. The number of carbonyl (C=O) groups excluding carboxylic acids is 1. The second-order valence-corrected chi connectivity index (χ2v) is 11.2. The van der Waals surface area contributed by atoms with Crippen molar-refractivity contribution in [2.75, 3.05) is 31.5 Å². The summed E-state index contributed by atoms with van der Waals surface area (Å²) < 4.78 is 0. The number of benzene rings is 3. The molecule has 6 rings (SSSR count). The Labute approximate surface area is 239 Å². The molecule has 1 aromatic heterocycles. The van der Waals surface area contributed by atoms with Crippen molar-refractivity contribution in [3.63, 3.8) is 0 Å². The van der Waals surface area contributed by atoms with Crippen molar-refractivity contribution in [2.45, 2.75) is 44.7 Å². The summed E-state index contributed by atoms with van der Waals surface area (Å²) in [6.45, 7) is 4.36. The van der Waals surface area contributed by atoms with Gasteiger partial charge in [0.15, 0.2) is 11.5 Å². The van der Waals surface area contributed by atoms with Gasteiger partial charge in [-0.1, -0.05) is 24.3 Å². The average Bonchev–Trinajstić information content (AvgIpc) is 3.51. The number of rotatable bonds is 7. The van der Waals surface area contributed by atoms with E-state index in [0.717, 1.165) is 67.5 Å². The number of likely N-dealkylation sites (tertiary alicyclic amines) is 2. The van der Waals surface area contributed by atoms with Gasteiger partial charge in [-0.2, -0.15) is 0 Å². The minimum absolute atomic E-state index is 0.0136. The minimum atomic E-state index is -0.191. The monoisotopic (exact) mass is 552 g/mol. The second-order valence-electron chi connectivity index (χ2n) is 11.2. The van der Waals surface area contributed by atoms with Gasteiger partial charge in [-0.3, -0.25) is 4.79 Å². The largest absolute Gasteiger partial charge is 0.508 e. The molecule has 212 valence electrons. The number of nitrogens with zero attached hydrogens (tertiary/aromatic N) is 3. The highest BCUT2D eigenvalue weighted by Gasteiger charge is 2.31. The van der Waals surface area contributed by atoms with Crippen molar-refractivity contribution >= 4 is 22.6 Å². The summed E-state index contributed by atoms with van der Waals surface area (Å²) >= 11 is 0. The van der Waals surface area contributed by atoms with Crippen LogP contribution in [0.2, 0.25) is 0 Å². The number of hydrogen-bond acceptors (Lipinski definition) is 7. The van der Waals surface area contributed by atoms with Crippen LogP contribution in [0.25, 0.3) is 22.0 Å². The van der Waals surface area contributed by atoms with E-state index in [-0.39, 0.29) is 29.2 Å². The third kappa shape index (κ3) is 5.93. The molecule has 4 aromatic rings. The Morgan fingerprint density at radius 3 is 2.34 bits per heavy atom. The molecule has 2 aliphatic rings. The lowest BCUT2D eigenvalue weighted by Crippen LogP contribution is -2.49. The van der Waals surface area contributed by atoms with Gasteiger partial charge in [-0.15, -0.1) is 0 Å². The molecular weight excluding hydrogens is 516 g/mol. The number of aromatic hydroxyl groups is 3. The predicted molar refractivity (Wildman–Crippen MR) is 160 cm³/mol. The van der Waals surface area contributed by atoms with E-state index in [1.807, 2.05) is 36.4 Å². The molecule has 41 heavy (non-hydrogen) atoms. The molecule has 0 bridgehead atoms. The molecule has 1 atom stereocenters. The van der Waals surface area contributed by atoms with Gasteiger partial charge in [-0.25, -0.2) is 4.98 Å². The molecule has 0 aliphatic carbocycles. The molecule has 8 nitrogen and oxygen atoms in total. The van der Waals surface area contributed by atoms with Crippen LogP contribution in [0, 0.1) is 0 Å². The number of aromatic nitrogens is 1. The van der Waals surface area contributed by atoms with E-state index in [4.69, 9.17) is 4.98 Å². The zero-order valence-corrected chi connectivity index (χ0v) is 23.1. The fourth-order valence-electron chi connectivity index (χ4n) is 6.06. The third-order valence-electron chi connectivity index (χ3n) is 8.31. The van der Waals surface area contributed by atoms with Crippen molar-refractivity contribution in [1.82, 2.24) is 14.8 Å². The van der Waals surface area contributed by atoms with Crippen LogP contribution in [0.15, 0.2) is 66.7 Å². The van der Waals surface area contributed by atoms with E-state index >= 15 is 0 Å². The standard InChI is InChI=1S/C33H36N4O4/c38-26-10-6-22(7-11-26)20-34-32-19-28(33(41)37-16-2-1-5-25(37)21-36-14-3-4-15-36)27-17-23(8-12-29(27)35-32)24-9-13-30(39)31(40)18-24/h6-13,17-19,25,38-40H,1-5,14-16,20-21H2,(H,34,35)/t25-/m0/s1. The lowest BCUT2D eigenvalue weighted by Gasteiger charge is -2.38. The molecule has 0 radical (unpaired) electrons. The molecule has 3 heterocycles. The third-order valence-corrected chi connectivity index (χ3v) is 8.31. The van der Waals surface area contributed by atoms with Crippen LogP contribution >= 0.6 is 0 Å². The fraction of sp³-hybridized carbons (Fsp3) is 0.333. The van der Waals surface area contributed by atoms with Crippen molar-refractivity contribution in [3.05, 3.63) is 77.9 Å². The molecule has 2 aliphatic heterocycles. The van der Waals surface area contributed by atoms with Crippen molar-refractivity contribution in [1.29, 1.82) is 0 Å². The Morgan fingerprint density at radius 2 is 1.56 bits per heavy atom. The Kier molecular flexibility index (Phi) is 7.65. The first-order valence-corrected chi connectivity index (χ1v) is 14.5. The van der Waals surface area contributed by atoms with Gasteiger partial charge in [-0.05, 0) is 104 Å². The molecule has 0 saturated carbocycles. The molecule has 0 spiro atoms. The fourth-order valence-corrected chi connectivity index (χ4v) is 6.06. The zero-order chi connectivity index (χ0) is 28.3. The highest BCUT2D eigenvalue weighted by molar-refractivity contribution is 6.08. The predicted octanol–water partition coefficient (Wildman–Crippen LogP) is 5.72. The Bertz CT molecular complexity index is 1550. The highest BCUT2D eigenvalue weighted by Crippen LogP contribution is 2.34. The normalized spacial score (nSPS) is 17.7. The summed E-state index contributed by atoms with van der Waals surface area (Å²) in [5.74, 6) is 0.472. The van der Waals surface area contributed by atoms with E-state index in [1.165, 1.54) is 25.0 Å². The minimum Gasteiger partial charge on any atom is -0.508 e. The van der Waals surface area contributed by atoms with E-state index in [2.05, 4.69) is 15.1 Å². The number of hydrogen-bond donors (Lipinski definition) is 4. The lowest BCUT2D eigenvalue weighted by molar-refractivity contribution is 0.0562. The van der Waals surface area contributed by atoms with Crippen LogP contribution in [0.1, 0.15) is 48.0 Å². The van der Waals surface area contributed by atoms with Gasteiger partial charge in [0.25, 0.3) is 5.91 Å². The summed E-state index contributed by atoms with van der Waals surface area (Å²) in [5.41, 5.74) is 3.84. The smallest absolute Gasteiger partial charge is 0.254 e. The molecule has 8 heteroatoms. The number of phenols is 3. The SMILES string of the molecule is O=C(c1cc(NCc2ccc(O)cc2)nc2ccc(-c3ccc(O)c(O)c3)cc12)N1CCCC[C@H]1CN1CCCC1. The Hall–Kier alpha value is -4.30. The van der Waals surface area contributed by atoms with E-state index in [1.54, 1.807) is 18.2 Å². The summed E-state index contributed by atoms with van der Waals surface area (Å²) in [4.78, 5) is 23.8. The number of phenolic OH excluding ortho intramolecular Hbond substituents is 3. The van der Waals surface area contributed by atoms with Gasteiger partial charge in [0.05, 0.1) is 11.1 Å². The summed E-state index contributed by atoms with van der Waals surface area (Å²) in [5, 5.41) is 33.6. The van der Waals surface area contributed by atoms with Gasteiger partial charge in [0.2, 0.25) is 0 Å². The van der Waals surface area contributed by atoms with Crippen LogP contribution < -0.4 is 5.32 Å². The van der Waals surface area contributed by atoms with E-state index in [9.17, 15) is 20.1 Å². The number of piperidine rings is 1. The number of anilines is 1. The number of nitrogens with one attached hydrogen (secondary N) is 1. The lowest BCUT2D eigenvalue weighted by atomic mass is 9.97. The number of amides is 1. The second kappa shape index (κ2) is 11.7. The summed E-state index contributed by atoms with van der Waals surface area (Å²) in [7, 11) is 0. The first kappa shape index (κ1) is 26.9. The molecular formula is C33H36N4O4. The van der Waals surface area contributed by atoms with Gasteiger partial charge in [0.1, 0.15) is 11.6 Å². The van der Waals surface area contributed by atoms with Gasteiger partial charge in [0, 0.05) is 31.1 Å². The maximum absolute atomic E-state index is 14.4. The number of pyridine rings is 1. The van der Waals surface area contributed by atoms with Crippen LogP contribution in [0.5, 0.6) is 17.2 Å². The van der Waals surface area contributed by atoms with E-state index < -0.39 is 0 Å². The van der Waals surface area contributed by atoms with Crippen LogP contribution in [-0.2, 0) is 6.54 Å². The summed E-state index contributed by atoms with van der Waals surface area (Å²) in [6, 6.07) is 19.5. The van der Waals surface area contributed by atoms with Crippen molar-refractivity contribution < 1.29 is 20.1 Å². The molecule has 2 saturated heterocycles. The first-order valence-electron chi connectivity index (χ1n) is 14.5. The molecule has 4 N–H and O–H groups in total. The van der Waals surface area contributed by atoms with Crippen LogP contribution in [0.4, 0.5) is 5.82 Å². The molecule has 3 aromatic carbocycles. The molecule has 2 fully saturated rings. The maximum Gasteiger partial charge on any atom is 0.254 e. The Balaban J connectivity index is 1.38. The molecule has 0 unspecified atom stereocenters. The number of fused-ring (bicyclic) bond motifs is 1. The topological polar surface area (TPSA) is 109 Å². The first-order chi connectivity index (χ1) is 19.9. The van der Waals surface area contributed by atoms with Crippen molar-refractivity contribution in [3.8, 4) is 28.4 Å². The highest BCUT2D eigenvalue weighted by atomic mass is 16.3. The Morgan fingerprint density at radius 1 is 0.829 bits per heavy atom.